The number of hydrogen-bond acceptors (Lipinski definition) is 10. The minimum Gasteiger partial charge on any atom is -0.502 e. The molecular weight excluding hydrogens is 611 g/mol. The Kier molecular flexibility index (Phi) is 10.1. The van der Waals surface area contributed by atoms with Gasteiger partial charge in [-0.25, -0.2) is 26.3 Å². The van der Waals surface area contributed by atoms with Gasteiger partial charge in [0.2, 0.25) is 30.9 Å². The number of rotatable bonds is 8. The van der Waals surface area contributed by atoms with E-state index in [2.05, 4.69) is 9.44 Å². The van der Waals surface area contributed by atoms with Crippen molar-refractivity contribution in [2.75, 3.05) is 0 Å². The van der Waals surface area contributed by atoms with Gasteiger partial charge in [-0.15, -0.1) is 0 Å². The monoisotopic (exact) mass is 630 g/mol. The molecule has 0 amide bonds. The van der Waals surface area contributed by atoms with E-state index in [4.69, 9.17) is 42.2 Å². The van der Waals surface area contributed by atoms with Crippen LogP contribution in [0.1, 0.15) is 11.5 Å². The van der Waals surface area contributed by atoms with Gasteiger partial charge in [0.25, 0.3) is 0 Å². The fraction of sp³-hybridized carbons (Fsp3) is 0.0833. The summed E-state index contributed by atoms with van der Waals surface area (Å²) in [7, 11) is -7.53. The molecule has 0 unspecified atom stereocenters. The molecule has 2 aromatic heterocycles. The van der Waals surface area contributed by atoms with E-state index in [1.165, 1.54) is 36.4 Å². The van der Waals surface area contributed by atoms with Crippen molar-refractivity contribution in [3.8, 4) is 11.5 Å². The lowest BCUT2D eigenvalue weighted by Gasteiger charge is -2.06. The van der Waals surface area contributed by atoms with E-state index < -0.39 is 42.4 Å². The highest BCUT2D eigenvalue weighted by Gasteiger charge is 2.16. The molecule has 4 N–H and O–H groups in total. The summed E-state index contributed by atoms with van der Waals surface area (Å²) in [6, 6.07) is 13.5. The predicted octanol–water partition coefficient (Wildman–Crippen LogP) is 2.95. The predicted molar refractivity (Wildman–Crippen MR) is 144 cm³/mol. The van der Waals surface area contributed by atoms with E-state index in [1.54, 1.807) is 12.1 Å². The molecule has 0 aliphatic rings. The second-order valence-electron chi connectivity index (χ2n) is 7.76. The Morgan fingerprint density at radius 2 is 1.02 bits per heavy atom. The van der Waals surface area contributed by atoms with E-state index in [0.717, 1.165) is 24.7 Å². The molecule has 0 saturated carbocycles. The van der Waals surface area contributed by atoms with Gasteiger partial charge in [0.1, 0.15) is 24.0 Å². The average Bonchev–Trinajstić information content (AvgIpc) is 2.90. The molecule has 0 spiro atoms. The Bertz CT molecular complexity index is 1700. The highest BCUT2D eigenvalue weighted by molar-refractivity contribution is 7.89. The van der Waals surface area contributed by atoms with Crippen molar-refractivity contribution in [3.63, 3.8) is 0 Å². The summed E-state index contributed by atoms with van der Waals surface area (Å²) in [6.45, 7) is -0.436. The van der Waals surface area contributed by atoms with Crippen LogP contribution < -0.4 is 20.3 Å². The Balaban J connectivity index is 0.000000220. The summed E-state index contributed by atoms with van der Waals surface area (Å²) >= 11 is 11.5. The molecule has 12 nitrogen and oxygen atoms in total. The molecule has 2 heterocycles. The van der Waals surface area contributed by atoms with Crippen molar-refractivity contribution in [1.29, 1.82) is 0 Å². The summed E-state index contributed by atoms with van der Waals surface area (Å²) in [6.07, 6.45) is 1.71. The first-order chi connectivity index (χ1) is 18.8. The lowest BCUT2D eigenvalue weighted by atomic mass is 10.4. The first-order valence-electron chi connectivity index (χ1n) is 10.9. The van der Waals surface area contributed by atoms with Crippen LogP contribution in [0.15, 0.2) is 101 Å². The third-order valence-electron chi connectivity index (χ3n) is 4.82. The summed E-state index contributed by atoms with van der Waals surface area (Å²) in [5.74, 6) is -0.908. The van der Waals surface area contributed by atoms with E-state index in [0.29, 0.717) is 10.0 Å². The Labute approximate surface area is 237 Å². The van der Waals surface area contributed by atoms with E-state index in [9.17, 15) is 26.4 Å². The van der Waals surface area contributed by atoms with Gasteiger partial charge in [0.05, 0.1) is 22.9 Å². The molecule has 0 saturated heterocycles. The molecule has 0 radical (unpaired) electrons. The van der Waals surface area contributed by atoms with Crippen LogP contribution in [0.3, 0.4) is 0 Å². The van der Waals surface area contributed by atoms with Crippen LogP contribution in [0.2, 0.25) is 10.0 Å². The molecule has 0 fully saturated rings. The van der Waals surface area contributed by atoms with Crippen LogP contribution in [-0.4, -0.2) is 27.0 Å². The summed E-state index contributed by atoms with van der Waals surface area (Å²) in [4.78, 5) is 22.4. The van der Waals surface area contributed by atoms with Crippen LogP contribution in [0.25, 0.3) is 0 Å². The fourth-order valence-electron chi connectivity index (χ4n) is 2.84. The summed E-state index contributed by atoms with van der Waals surface area (Å²) in [5.41, 5.74) is -1.29. The van der Waals surface area contributed by atoms with Crippen LogP contribution in [0.4, 0.5) is 0 Å². The van der Waals surface area contributed by atoms with Crippen LogP contribution in [-0.2, 0) is 33.1 Å². The Morgan fingerprint density at radius 1 is 0.650 bits per heavy atom. The lowest BCUT2D eigenvalue weighted by molar-refractivity contribution is 0.411. The smallest absolute Gasteiger partial charge is 0.241 e. The molecule has 4 rings (SSSR count). The number of benzene rings is 2. The van der Waals surface area contributed by atoms with Crippen molar-refractivity contribution in [3.05, 3.63) is 115 Å². The number of sulfonamides is 2. The fourth-order valence-corrected chi connectivity index (χ4v) is 5.43. The highest BCUT2D eigenvalue weighted by atomic mass is 35.5. The van der Waals surface area contributed by atoms with Gasteiger partial charge in [0, 0.05) is 22.2 Å². The molecule has 16 heteroatoms. The topological polar surface area (TPSA) is 193 Å². The van der Waals surface area contributed by atoms with E-state index >= 15 is 0 Å². The quantitative estimate of drug-likeness (QED) is 0.225. The van der Waals surface area contributed by atoms with Gasteiger partial charge >= 0.3 is 0 Å². The van der Waals surface area contributed by atoms with Gasteiger partial charge in [-0.2, -0.15) is 0 Å². The molecule has 2 aromatic carbocycles. The van der Waals surface area contributed by atoms with Crippen molar-refractivity contribution < 1.29 is 35.9 Å². The minimum atomic E-state index is -3.76. The van der Waals surface area contributed by atoms with E-state index in [-0.39, 0.29) is 34.4 Å². The normalized spacial score (nSPS) is 11.4. The maximum absolute atomic E-state index is 12.0. The molecular formula is C24H20Cl2N2O10S2. The number of halogens is 2. The largest absolute Gasteiger partial charge is 0.502 e. The maximum Gasteiger partial charge on any atom is 0.241 e. The Hall–Kier alpha value is -3.66. The zero-order chi connectivity index (χ0) is 29.5. The van der Waals surface area contributed by atoms with Crippen molar-refractivity contribution in [1.82, 2.24) is 9.44 Å². The molecule has 0 aliphatic carbocycles. The Morgan fingerprint density at radius 3 is 1.35 bits per heavy atom. The highest BCUT2D eigenvalue weighted by Crippen LogP contribution is 2.17. The van der Waals surface area contributed by atoms with Crippen LogP contribution >= 0.6 is 23.2 Å². The second kappa shape index (κ2) is 13.1. The van der Waals surface area contributed by atoms with Gasteiger partial charge in [0.15, 0.2) is 11.5 Å². The van der Waals surface area contributed by atoms with Gasteiger partial charge in [-0.05, 0) is 36.4 Å². The number of nitrogens with one attached hydrogen (secondary N) is 2. The van der Waals surface area contributed by atoms with Gasteiger partial charge in [-0.1, -0.05) is 35.3 Å². The minimum absolute atomic E-state index is 0.00567. The van der Waals surface area contributed by atoms with Crippen LogP contribution in [0.5, 0.6) is 11.5 Å². The number of hydrogen-bond donors (Lipinski definition) is 4. The van der Waals surface area contributed by atoms with Crippen molar-refractivity contribution >= 4 is 43.2 Å². The molecule has 4 aromatic rings. The van der Waals surface area contributed by atoms with E-state index in [1.807, 2.05) is 0 Å². The summed E-state index contributed by atoms with van der Waals surface area (Å²) < 4.78 is 62.2. The molecule has 40 heavy (non-hydrogen) atoms. The van der Waals surface area contributed by atoms with Gasteiger partial charge < -0.3 is 19.0 Å². The average molecular weight is 631 g/mol. The maximum atomic E-state index is 12.0. The SMILES string of the molecule is O=c1cc(CNS(=O)(=O)c2cccc(Cl)c2)occ1O.O=c1cc(CNS(=O)(=O)c2cccc(Cl)c2)occ1O. The molecule has 0 atom stereocenters. The van der Waals surface area contributed by atoms with Crippen molar-refractivity contribution in [2.45, 2.75) is 22.9 Å². The molecule has 0 aliphatic heterocycles. The second-order valence-corrected chi connectivity index (χ2v) is 12.2. The molecule has 212 valence electrons. The first kappa shape index (κ1) is 30.9. The summed E-state index contributed by atoms with van der Waals surface area (Å²) in [5, 5.41) is 18.6. The zero-order valence-electron chi connectivity index (χ0n) is 20.1. The van der Waals surface area contributed by atoms with Crippen molar-refractivity contribution in [2.24, 2.45) is 0 Å². The van der Waals surface area contributed by atoms with Crippen LogP contribution in [0, 0.1) is 0 Å². The van der Waals surface area contributed by atoms with Gasteiger partial charge in [-0.3, -0.25) is 9.59 Å². The zero-order valence-corrected chi connectivity index (χ0v) is 23.2. The standard InChI is InChI=1S/2C12H10ClNO5S/c2*13-8-2-1-3-10(4-8)20(17,18)14-6-9-5-11(15)12(16)7-19-9/h2*1-5,7,14,16H,6H2. The third kappa shape index (κ3) is 8.67. The first-order valence-corrected chi connectivity index (χ1v) is 14.6. The molecule has 0 bridgehead atoms. The third-order valence-corrected chi connectivity index (χ3v) is 8.09. The number of aromatic hydroxyl groups is 2. The lowest BCUT2D eigenvalue weighted by Crippen LogP contribution is -2.23.